The van der Waals surface area contributed by atoms with Crippen molar-refractivity contribution in [2.75, 3.05) is 6.61 Å². The smallest absolute Gasteiger partial charge is 0.422 e. The summed E-state index contributed by atoms with van der Waals surface area (Å²) < 4.78 is 39.2. The van der Waals surface area contributed by atoms with E-state index in [1.807, 2.05) is 6.92 Å². The van der Waals surface area contributed by atoms with Crippen LogP contribution < -0.4 is 5.32 Å². The van der Waals surface area contributed by atoms with Crippen LogP contribution in [0.25, 0.3) is 0 Å². The normalized spacial score (nSPS) is 20.0. The van der Waals surface area contributed by atoms with Crippen molar-refractivity contribution in [3.8, 4) is 0 Å². The van der Waals surface area contributed by atoms with Crippen molar-refractivity contribution < 1.29 is 22.7 Å². The van der Waals surface area contributed by atoms with Crippen molar-refractivity contribution in [3.63, 3.8) is 0 Å². The topological polar surface area (TPSA) is 38.3 Å². The van der Waals surface area contributed by atoms with Crippen LogP contribution in [-0.4, -0.2) is 24.4 Å². The number of alkyl halides is 3. The second-order valence-corrected chi connectivity index (χ2v) is 4.08. The molecule has 6 heteroatoms. The third-order valence-electron chi connectivity index (χ3n) is 2.48. The van der Waals surface area contributed by atoms with Gasteiger partial charge in [0.15, 0.2) is 6.61 Å². The Hall–Kier alpha value is -0.940. The first kappa shape index (κ1) is 12.1. The first-order valence-electron chi connectivity index (χ1n) is 4.82. The van der Waals surface area contributed by atoms with Gasteiger partial charge in [0.25, 0.3) is 0 Å². The van der Waals surface area contributed by atoms with Gasteiger partial charge in [-0.2, -0.15) is 13.2 Å². The third-order valence-corrected chi connectivity index (χ3v) is 2.48. The number of hydrogen-bond acceptors (Lipinski definition) is 2. The molecular formula is C9H14F3NO2. The van der Waals surface area contributed by atoms with Crippen molar-refractivity contribution in [1.82, 2.24) is 5.32 Å². The number of carbonyl (C=O) groups excluding carboxylic acids is 1. The predicted molar refractivity (Wildman–Crippen MR) is 47.4 cm³/mol. The molecule has 1 saturated carbocycles. The molecule has 0 spiro atoms. The summed E-state index contributed by atoms with van der Waals surface area (Å²) in [6.07, 6.45) is -1.92. The highest BCUT2D eigenvalue weighted by Crippen LogP contribution is 2.28. The Kier molecular flexibility index (Phi) is 3.46. The molecule has 88 valence electrons. The summed E-state index contributed by atoms with van der Waals surface area (Å²) in [7, 11) is 0. The predicted octanol–water partition coefficient (Wildman–Crippen LogP) is 2.61. The van der Waals surface area contributed by atoms with Gasteiger partial charge in [-0.05, 0) is 19.8 Å². The van der Waals surface area contributed by atoms with E-state index in [4.69, 9.17) is 0 Å². The molecule has 0 atom stereocenters. The zero-order valence-electron chi connectivity index (χ0n) is 8.49. The van der Waals surface area contributed by atoms with Crippen LogP contribution in [0.3, 0.4) is 0 Å². The lowest BCUT2D eigenvalue weighted by Gasteiger charge is -2.24. The molecule has 0 bridgehead atoms. The van der Waals surface area contributed by atoms with E-state index < -0.39 is 24.4 Å². The Labute approximate surface area is 86.0 Å². The van der Waals surface area contributed by atoms with E-state index in [1.165, 1.54) is 0 Å². The molecule has 0 aliphatic heterocycles. The minimum Gasteiger partial charge on any atom is -0.440 e. The SMILES string of the molecule is CC1(NC(=O)OCC(F)(F)F)CCCC1. The van der Waals surface area contributed by atoms with Gasteiger partial charge in [0.1, 0.15) is 0 Å². The fourth-order valence-corrected chi connectivity index (χ4v) is 1.71. The number of amides is 1. The van der Waals surface area contributed by atoms with E-state index in [0.29, 0.717) is 0 Å². The van der Waals surface area contributed by atoms with E-state index in [0.717, 1.165) is 25.7 Å². The first-order chi connectivity index (χ1) is 6.81. The van der Waals surface area contributed by atoms with E-state index in [-0.39, 0.29) is 0 Å². The molecule has 0 heterocycles. The van der Waals surface area contributed by atoms with Gasteiger partial charge >= 0.3 is 12.3 Å². The van der Waals surface area contributed by atoms with Crippen molar-refractivity contribution >= 4 is 6.09 Å². The molecule has 1 aliphatic carbocycles. The summed E-state index contributed by atoms with van der Waals surface area (Å²) in [6, 6.07) is 0. The molecule has 0 aromatic heterocycles. The lowest BCUT2D eigenvalue weighted by atomic mass is 10.0. The molecule has 3 nitrogen and oxygen atoms in total. The van der Waals surface area contributed by atoms with Crippen molar-refractivity contribution in [1.29, 1.82) is 0 Å². The van der Waals surface area contributed by atoms with Gasteiger partial charge in [-0.25, -0.2) is 4.79 Å². The first-order valence-corrected chi connectivity index (χ1v) is 4.82. The van der Waals surface area contributed by atoms with Crippen LogP contribution in [0.5, 0.6) is 0 Å². The van der Waals surface area contributed by atoms with E-state index in [2.05, 4.69) is 10.1 Å². The van der Waals surface area contributed by atoms with Crippen LogP contribution >= 0.6 is 0 Å². The largest absolute Gasteiger partial charge is 0.440 e. The van der Waals surface area contributed by atoms with E-state index in [9.17, 15) is 18.0 Å². The molecule has 0 aromatic carbocycles. The number of halogens is 3. The number of alkyl carbamates (subject to hydrolysis) is 1. The number of hydrogen-bond donors (Lipinski definition) is 1. The van der Waals surface area contributed by atoms with Crippen LogP contribution in [0.2, 0.25) is 0 Å². The highest BCUT2D eigenvalue weighted by molar-refractivity contribution is 5.68. The van der Waals surface area contributed by atoms with Gasteiger partial charge in [-0.15, -0.1) is 0 Å². The van der Waals surface area contributed by atoms with E-state index in [1.54, 1.807) is 0 Å². The fourth-order valence-electron chi connectivity index (χ4n) is 1.71. The van der Waals surface area contributed by atoms with Crippen LogP contribution in [-0.2, 0) is 4.74 Å². The highest BCUT2D eigenvalue weighted by Gasteiger charge is 2.33. The summed E-state index contributed by atoms with van der Waals surface area (Å²) in [5.41, 5.74) is -0.400. The molecule has 1 rings (SSSR count). The standard InChI is InChI=1S/C9H14F3NO2/c1-8(4-2-3-5-8)13-7(14)15-6-9(10,11)12/h2-6H2,1H3,(H,13,14). The second-order valence-electron chi connectivity index (χ2n) is 4.08. The molecule has 1 fully saturated rings. The lowest BCUT2D eigenvalue weighted by molar-refractivity contribution is -0.160. The summed E-state index contributed by atoms with van der Waals surface area (Å²) in [5, 5.41) is 2.47. The minimum atomic E-state index is -4.46. The van der Waals surface area contributed by atoms with Gasteiger partial charge in [0.05, 0.1) is 0 Å². The second kappa shape index (κ2) is 4.28. The Balaban J connectivity index is 2.30. The molecule has 0 radical (unpaired) electrons. The molecular weight excluding hydrogens is 211 g/mol. The van der Waals surface area contributed by atoms with E-state index >= 15 is 0 Å². The maximum Gasteiger partial charge on any atom is 0.422 e. The zero-order chi connectivity index (χ0) is 11.5. The Morgan fingerprint density at radius 3 is 2.40 bits per heavy atom. The van der Waals surface area contributed by atoms with Gasteiger partial charge in [0.2, 0.25) is 0 Å². The maximum atomic E-state index is 11.7. The highest BCUT2D eigenvalue weighted by atomic mass is 19.4. The molecule has 1 amide bonds. The Morgan fingerprint density at radius 2 is 1.93 bits per heavy atom. The van der Waals surface area contributed by atoms with Gasteiger partial charge in [0, 0.05) is 5.54 Å². The third kappa shape index (κ3) is 4.40. The van der Waals surface area contributed by atoms with Gasteiger partial charge < -0.3 is 10.1 Å². The van der Waals surface area contributed by atoms with Crippen LogP contribution in [0.4, 0.5) is 18.0 Å². The molecule has 1 N–H and O–H groups in total. The molecule has 1 aliphatic rings. The van der Waals surface area contributed by atoms with Crippen LogP contribution in [0, 0.1) is 0 Å². The van der Waals surface area contributed by atoms with Crippen molar-refractivity contribution in [3.05, 3.63) is 0 Å². The molecule has 0 aromatic rings. The maximum absolute atomic E-state index is 11.7. The molecule has 15 heavy (non-hydrogen) atoms. The molecule has 0 saturated heterocycles. The van der Waals surface area contributed by atoms with Crippen LogP contribution in [0.1, 0.15) is 32.6 Å². The Bertz CT molecular complexity index is 234. The summed E-state index contributed by atoms with van der Waals surface area (Å²) in [6.45, 7) is 0.282. The number of ether oxygens (including phenoxy) is 1. The quantitative estimate of drug-likeness (QED) is 0.784. The van der Waals surface area contributed by atoms with Crippen molar-refractivity contribution in [2.24, 2.45) is 0 Å². The lowest BCUT2D eigenvalue weighted by Crippen LogP contribution is -2.44. The number of carbonyl (C=O) groups is 1. The zero-order valence-corrected chi connectivity index (χ0v) is 8.49. The summed E-state index contributed by atoms with van der Waals surface area (Å²) >= 11 is 0. The minimum absolute atomic E-state index is 0.400. The Morgan fingerprint density at radius 1 is 1.40 bits per heavy atom. The average Bonchev–Trinajstić information content (AvgIpc) is 2.47. The van der Waals surface area contributed by atoms with Gasteiger partial charge in [-0.3, -0.25) is 0 Å². The number of rotatable bonds is 2. The summed E-state index contributed by atoms with van der Waals surface area (Å²) in [5.74, 6) is 0. The fraction of sp³-hybridized carbons (Fsp3) is 0.889. The monoisotopic (exact) mass is 225 g/mol. The molecule has 0 unspecified atom stereocenters. The summed E-state index contributed by atoms with van der Waals surface area (Å²) in [4.78, 5) is 11.0. The van der Waals surface area contributed by atoms with Crippen LogP contribution in [0.15, 0.2) is 0 Å². The van der Waals surface area contributed by atoms with Gasteiger partial charge in [-0.1, -0.05) is 12.8 Å². The number of nitrogens with one attached hydrogen (secondary N) is 1. The average molecular weight is 225 g/mol. The van der Waals surface area contributed by atoms with Crippen molar-refractivity contribution in [2.45, 2.75) is 44.3 Å².